The van der Waals surface area contributed by atoms with Gasteiger partial charge >= 0.3 is 0 Å². The summed E-state index contributed by atoms with van der Waals surface area (Å²) in [6.45, 7) is 1.26. The zero-order valence-corrected chi connectivity index (χ0v) is 12.4. The summed E-state index contributed by atoms with van der Waals surface area (Å²) < 4.78 is 0. The monoisotopic (exact) mass is 298 g/mol. The number of primary amides is 1. The summed E-state index contributed by atoms with van der Waals surface area (Å²) in [6, 6.07) is -0.274. The van der Waals surface area contributed by atoms with Gasteiger partial charge < -0.3 is 22.1 Å². The molecule has 0 rings (SSSR count). The first-order valence-corrected chi connectivity index (χ1v) is 7.29. The Kier molecular flexibility index (Phi) is 10.6. The van der Waals surface area contributed by atoms with E-state index in [0.717, 1.165) is 0 Å². The van der Waals surface area contributed by atoms with Crippen LogP contribution in [0.15, 0.2) is 0 Å². The van der Waals surface area contributed by atoms with E-state index in [1.54, 1.807) is 0 Å². The van der Waals surface area contributed by atoms with Gasteiger partial charge in [-0.2, -0.15) is 37.9 Å². The maximum Gasteiger partial charge on any atom is 0.235 e. The van der Waals surface area contributed by atoms with E-state index in [1.807, 2.05) is 0 Å². The molecular formula is C9H22N4OS3. The largest absolute Gasteiger partial charge is 0.368 e. The highest BCUT2D eigenvalue weighted by atomic mass is 32.1. The van der Waals surface area contributed by atoms with E-state index in [-0.39, 0.29) is 12.1 Å². The molecule has 102 valence electrons. The molecule has 1 amide bonds. The van der Waals surface area contributed by atoms with Gasteiger partial charge in [-0.25, -0.2) is 0 Å². The van der Waals surface area contributed by atoms with E-state index < -0.39 is 11.9 Å². The van der Waals surface area contributed by atoms with Gasteiger partial charge in [0.25, 0.3) is 0 Å². The second kappa shape index (κ2) is 10.3. The van der Waals surface area contributed by atoms with Crippen LogP contribution in [0.25, 0.3) is 0 Å². The van der Waals surface area contributed by atoms with E-state index >= 15 is 0 Å². The van der Waals surface area contributed by atoms with Crippen LogP contribution in [-0.2, 0) is 4.79 Å². The van der Waals surface area contributed by atoms with Crippen molar-refractivity contribution >= 4 is 43.8 Å². The topological polar surface area (TPSA) is 93.2 Å². The lowest BCUT2D eigenvalue weighted by molar-refractivity contribution is -0.119. The Morgan fingerprint density at radius 2 is 1.71 bits per heavy atom. The fourth-order valence-electron chi connectivity index (χ4n) is 1.12. The van der Waals surface area contributed by atoms with Crippen LogP contribution in [0.1, 0.15) is 0 Å². The summed E-state index contributed by atoms with van der Waals surface area (Å²) in [7, 11) is 0. The van der Waals surface area contributed by atoms with Crippen molar-refractivity contribution < 1.29 is 4.79 Å². The molecule has 0 aromatic heterocycles. The van der Waals surface area contributed by atoms with Crippen molar-refractivity contribution in [2.45, 2.75) is 18.1 Å². The van der Waals surface area contributed by atoms with Crippen molar-refractivity contribution in [2.75, 3.05) is 30.3 Å². The molecule has 0 bridgehead atoms. The van der Waals surface area contributed by atoms with Crippen LogP contribution in [0, 0.1) is 0 Å². The molecule has 0 fully saturated rings. The van der Waals surface area contributed by atoms with Crippen molar-refractivity contribution in [3.63, 3.8) is 0 Å². The second-order valence-corrected chi connectivity index (χ2v) is 4.87. The molecule has 0 saturated heterocycles. The Bertz CT molecular complexity index is 220. The van der Waals surface area contributed by atoms with Crippen LogP contribution in [0.3, 0.4) is 0 Å². The average molecular weight is 299 g/mol. The van der Waals surface area contributed by atoms with Crippen LogP contribution < -0.4 is 22.1 Å². The Labute approximate surface area is 119 Å². The second-order valence-electron chi connectivity index (χ2n) is 3.78. The number of hydrogen-bond acceptors (Lipinski definition) is 7. The summed E-state index contributed by atoms with van der Waals surface area (Å²) in [5.41, 5.74) is 10.9. The van der Waals surface area contributed by atoms with E-state index in [2.05, 4.69) is 48.5 Å². The zero-order chi connectivity index (χ0) is 13.3. The third-order valence-electron chi connectivity index (χ3n) is 2.26. The van der Waals surface area contributed by atoms with Gasteiger partial charge in [0.15, 0.2) is 0 Å². The van der Waals surface area contributed by atoms with Crippen LogP contribution in [0.4, 0.5) is 0 Å². The van der Waals surface area contributed by atoms with Crippen LogP contribution in [-0.4, -0.2) is 54.4 Å². The molecule has 8 heteroatoms. The lowest BCUT2D eigenvalue weighted by Crippen LogP contribution is -2.51. The predicted octanol–water partition coefficient (Wildman–Crippen LogP) is -1.50. The lowest BCUT2D eigenvalue weighted by atomic mass is 10.2. The number of carbonyl (C=O) groups excluding carboxylic acids is 1. The molecule has 3 atom stereocenters. The zero-order valence-electron chi connectivity index (χ0n) is 9.67. The van der Waals surface area contributed by atoms with Crippen LogP contribution >= 0.6 is 37.9 Å². The lowest BCUT2D eigenvalue weighted by Gasteiger charge is -2.21. The fraction of sp³-hybridized carbons (Fsp3) is 0.889. The number of rotatable bonds is 10. The molecule has 0 aliphatic carbocycles. The van der Waals surface area contributed by atoms with Crippen molar-refractivity contribution in [1.82, 2.24) is 10.6 Å². The SMILES string of the molecule is NC(=O)[C@@H](CS)NC[C@@H](CS)NC[C@H](N)CS. The first-order valence-electron chi connectivity index (χ1n) is 5.39. The fourth-order valence-corrected chi connectivity index (χ4v) is 1.82. The summed E-state index contributed by atoms with van der Waals surface area (Å²) in [5.74, 6) is 1.25. The minimum Gasteiger partial charge on any atom is -0.368 e. The highest BCUT2D eigenvalue weighted by Gasteiger charge is 2.15. The maximum absolute atomic E-state index is 11.0. The van der Waals surface area contributed by atoms with Crippen molar-refractivity contribution in [3.8, 4) is 0 Å². The highest BCUT2D eigenvalue weighted by molar-refractivity contribution is 7.80. The third kappa shape index (κ3) is 8.17. The van der Waals surface area contributed by atoms with E-state index in [4.69, 9.17) is 11.5 Å². The van der Waals surface area contributed by atoms with Gasteiger partial charge in [0.05, 0.1) is 6.04 Å². The Morgan fingerprint density at radius 3 is 2.12 bits per heavy atom. The molecule has 0 aliphatic heterocycles. The Morgan fingerprint density at radius 1 is 1.06 bits per heavy atom. The van der Waals surface area contributed by atoms with Crippen LogP contribution in [0.2, 0.25) is 0 Å². The van der Waals surface area contributed by atoms with Crippen molar-refractivity contribution in [1.29, 1.82) is 0 Å². The molecule has 6 N–H and O–H groups in total. The summed E-state index contributed by atoms with van der Waals surface area (Å²) in [5, 5.41) is 6.29. The smallest absolute Gasteiger partial charge is 0.235 e. The predicted molar refractivity (Wildman–Crippen MR) is 82.3 cm³/mol. The van der Waals surface area contributed by atoms with Gasteiger partial charge in [0, 0.05) is 42.4 Å². The molecule has 0 saturated carbocycles. The van der Waals surface area contributed by atoms with Gasteiger partial charge in [0.2, 0.25) is 5.91 Å². The maximum atomic E-state index is 11.0. The number of carbonyl (C=O) groups is 1. The number of nitrogens with two attached hydrogens (primary N) is 2. The molecule has 0 aromatic rings. The van der Waals surface area contributed by atoms with Crippen molar-refractivity contribution in [3.05, 3.63) is 0 Å². The molecular weight excluding hydrogens is 276 g/mol. The molecule has 0 aromatic carbocycles. The number of hydrogen-bond donors (Lipinski definition) is 7. The van der Waals surface area contributed by atoms with Crippen LogP contribution in [0.5, 0.6) is 0 Å². The minimum atomic E-state index is -0.416. The number of nitrogens with one attached hydrogen (secondary N) is 2. The first kappa shape index (κ1) is 17.4. The normalized spacial score (nSPS) is 16.5. The molecule has 17 heavy (non-hydrogen) atoms. The van der Waals surface area contributed by atoms with E-state index in [9.17, 15) is 4.79 Å². The standard InChI is InChI=1S/C9H22N4OS3/c10-6(3-15)1-12-7(4-16)2-13-8(5-17)9(11)14/h6-8,12-13,15-17H,1-5,10H2,(H2,11,14)/t6-,7-,8+/m0/s1. The molecule has 0 unspecified atom stereocenters. The highest BCUT2D eigenvalue weighted by Crippen LogP contribution is 1.92. The Balaban J connectivity index is 3.92. The molecule has 0 heterocycles. The van der Waals surface area contributed by atoms with Gasteiger partial charge in [-0.1, -0.05) is 0 Å². The summed E-state index contributed by atoms with van der Waals surface area (Å²) >= 11 is 12.4. The number of thiol groups is 3. The summed E-state index contributed by atoms with van der Waals surface area (Å²) in [4.78, 5) is 11.0. The molecule has 5 nitrogen and oxygen atoms in total. The summed E-state index contributed by atoms with van der Waals surface area (Å²) in [6.07, 6.45) is 0. The quantitative estimate of drug-likeness (QED) is 0.250. The first-order chi connectivity index (χ1) is 8.04. The molecule has 0 radical (unpaired) electrons. The van der Waals surface area contributed by atoms with Crippen molar-refractivity contribution in [2.24, 2.45) is 11.5 Å². The van der Waals surface area contributed by atoms with Gasteiger partial charge in [0.1, 0.15) is 0 Å². The Hall–Kier alpha value is 0.400. The molecule has 0 spiro atoms. The van der Waals surface area contributed by atoms with Gasteiger partial charge in [-0.05, 0) is 0 Å². The molecule has 0 aliphatic rings. The van der Waals surface area contributed by atoms with E-state index in [1.165, 1.54) is 0 Å². The third-order valence-corrected chi connectivity index (χ3v) is 3.54. The minimum absolute atomic E-state index is 0.0116. The average Bonchev–Trinajstić information content (AvgIpc) is 2.32. The van der Waals surface area contributed by atoms with Gasteiger partial charge in [-0.3, -0.25) is 4.79 Å². The number of amides is 1. The van der Waals surface area contributed by atoms with Gasteiger partial charge in [-0.15, -0.1) is 0 Å². The van der Waals surface area contributed by atoms with E-state index in [0.29, 0.717) is 30.3 Å².